The second kappa shape index (κ2) is 4.91. The molecule has 1 aliphatic rings. The van der Waals surface area contributed by atoms with E-state index in [-0.39, 0.29) is 17.5 Å². The SMILES string of the molecule is CC(CC(C)(N)C(N)=O)N1CCS(=O)(=O)CC1. The minimum absolute atomic E-state index is 0.0491. The molecule has 0 spiro atoms. The molecule has 4 N–H and O–H groups in total. The monoisotopic (exact) mass is 263 g/mol. The summed E-state index contributed by atoms with van der Waals surface area (Å²) >= 11 is 0. The molecule has 0 aromatic carbocycles. The van der Waals surface area contributed by atoms with Crippen molar-refractivity contribution in [3.8, 4) is 0 Å². The normalized spacial score (nSPS) is 26.1. The van der Waals surface area contributed by atoms with Crippen molar-refractivity contribution in [2.45, 2.75) is 31.8 Å². The van der Waals surface area contributed by atoms with Gasteiger partial charge in [-0.3, -0.25) is 9.69 Å². The van der Waals surface area contributed by atoms with Crippen LogP contribution in [0.2, 0.25) is 0 Å². The molecule has 0 bridgehead atoms. The third kappa shape index (κ3) is 3.93. The lowest BCUT2D eigenvalue weighted by atomic mass is 9.93. The summed E-state index contributed by atoms with van der Waals surface area (Å²) in [6.45, 7) is 4.54. The first-order valence-corrected chi connectivity index (χ1v) is 7.49. The standard InChI is InChI=1S/C10H21N3O3S/c1-8(7-10(2,12)9(11)14)13-3-5-17(15,16)6-4-13/h8H,3-7,12H2,1-2H3,(H2,11,14). The molecule has 1 heterocycles. The van der Waals surface area contributed by atoms with Crippen molar-refractivity contribution >= 4 is 15.7 Å². The zero-order valence-corrected chi connectivity index (χ0v) is 11.2. The molecule has 17 heavy (non-hydrogen) atoms. The minimum atomic E-state index is -2.87. The van der Waals surface area contributed by atoms with E-state index >= 15 is 0 Å². The highest BCUT2D eigenvalue weighted by atomic mass is 32.2. The Morgan fingerprint density at radius 1 is 1.41 bits per heavy atom. The number of nitrogens with two attached hydrogens (primary N) is 2. The molecule has 0 saturated carbocycles. The van der Waals surface area contributed by atoms with Crippen LogP contribution in [0.25, 0.3) is 0 Å². The fourth-order valence-corrected chi connectivity index (χ4v) is 3.24. The van der Waals surface area contributed by atoms with E-state index in [1.54, 1.807) is 6.92 Å². The molecule has 0 aromatic heterocycles. The van der Waals surface area contributed by atoms with Gasteiger partial charge in [-0.2, -0.15) is 0 Å². The van der Waals surface area contributed by atoms with E-state index in [4.69, 9.17) is 11.5 Å². The zero-order chi connectivity index (χ0) is 13.3. The van der Waals surface area contributed by atoms with Crippen LogP contribution in [0.5, 0.6) is 0 Å². The zero-order valence-electron chi connectivity index (χ0n) is 10.3. The molecular weight excluding hydrogens is 242 g/mol. The number of hydrogen-bond donors (Lipinski definition) is 2. The van der Waals surface area contributed by atoms with Crippen molar-refractivity contribution in [1.82, 2.24) is 4.90 Å². The van der Waals surface area contributed by atoms with E-state index in [1.165, 1.54) is 0 Å². The van der Waals surface area contributed by atoms with Gasteiger partial charge in [0.25, 0.3) is 0 Å². The van der Waals surface area contributed by atoms with E-state index in [2.05, 4.69) is 0 Å². The molecular formula is C10H21N3O3S. The summed E-state index contributed by atoms with van der Waals surface area (Å²) in [6.07, 6.45) is 0.433. The maximum atomic E-state index is 11.3. The fourth-order valence-electron chi connectivity index (χ4n) is 2.01. The van der Waals surface area contributed by atoms with Crippen molar-refractivity contribution in [3.63, 3.8) is 0 Å². The Balaban J connectivity index is 2.55. The van der Waals surface area contributed by atoms with Crippen LogP contribution in [0.15, 0.2) is 0 Å². The summed E-state index contributed by atoms with van der Waals surface area (Å²) < 4.78 is 22.6. The van der Waals surface area contributed by atoms with Crippen LogP contribution < -0.4 is 11.5 Å². The van der Waals surface area contributed by atoms with Crippen molar-refractivity contribution in [2.24, 2.45) is 11.5 Å². The van der Waals surface area contributed by atoms with Gasteiger partial charge >= 0.3 is 0 Å². The summed E-state index contributed by atoms with van der Waals surface area (Å²) in [5.41, 5.74) is 9.97. The topological polar surface area (TPSA) is 106 Å². The quantitative estimate of drug-likeness (QED) is 0.655. The molecule has 1 rings (SSSR count). The number of primary amides is 1. The van der Waals surface area contributed by atoms with Crippen LogP contribution >= 0.6 is 0 Å². The molecule has 6 nitrogen and oxygen atoms in total. The number of sulfone groups is 1. The van der Waals surface area contributed by atoms with E-state index < -0.39 is 21.3 Å². The Kier molecular flexibility index (Phi) is 4.16. The maximum Gasteiger partial charge on any atom is 0.237 e. The second-order valence-electron chi connectivity index (χ2n) is 5.02. The van der Waals surface area contributed by atoms with Crippen LogP contribution in [-0.4, -0.2) is 55.4 Å². The highest BCUT2D eigenvalue weighted by Gasteiger charge is 2.32. The number of hydrogen-bond acceptors (Lipinski definition) is 5. The van der Waals surface area contributed by atoms with Gasteiger partial charge in [0.05, 0.1) is 17.0 Å². The predicted octanol–water partition coefficient (Wildman–Crippen LogP) is -1.30. The van der Waals surface area contributed by atoms with Crippen LogP contribution in [0.4, 0.5) is 0 Å². The van der Waals surface area contributed by atoms with Crippen molar-refractivity contribution in [1.29, 1.82) is 0 Å². The Hall–Kier alpha value is -0.660. The lowest BCUT2D eigenvalue weighted by molar-refractivity contribution is -0.123. The predicted molar refractivity (Wildman–Crippen MR) is 66.1 cm³/mol. The molecule has 0 radical (unpaired) electrons. The average molecular weight is 263 g/mol. The van der Waals surface area contributed by atoms with Crippen LogP contribution in [0.3, 0.4) is 0 Å². The Morgan fingerprint density at radius 2 is 1.88 bits per heavy atom. The first-order chi connectivity index (χ1) is 7.64. The molecule has 1 saturated heterocycles. The van der Waals surface area contributed by atoms with Gasteiger partial charge in [-0.05, 0) is 20.3 Å². The Morgan fingerprint density at radius 3 is 2.29 bits per heavy atom. The van der Waals surface area contributed by atoms with Gasteiger partial charge in [0.2, 0.25) is 5.91 Å². The van der Waals surface area contributed by atoms with Gasteiger partial charge in [-0.15, -0.1) is 0 Å². The molecule has 1 fully saturated rings. The lowest BCUT2D eigenvalue weighted by Gasteiger charge is -2.35. The summed E-state index contributed by atoms with van der Waals surface area (Å²) in [6, 6.07) is 0.0491. The van der Waals surface area contributed by atoms with Gasteiger partial charge in [-0.25, -0.2) is 8.42 Å². The average Bonchev–Trinajstić information content (AvgIpc) is 2.16. The van der Waals surface area contributed by atoms with Crippen LogP contribution in [-0.2, 0) is 14.6 Å². The summed E-state index contributed by atoms with van der Waals surface area (Å²) in [5, 5.41) is 0. The second-order valence-corrected chi connectivity index (χ2v) is 7.33. The molecule has 2 unspecified atom stereocenters. The first kappa shape index (κ1) is 14.4. The van der Waals surface area contributed by atoms with Gasteiger partial charge in [0.15, 0.2) is 9.84 Å². The van der Waals surface area contributed by atoms with Gasteiger partial charge < -0.3 is 11.5 Å². The molecule has 1 amide bonds. The minimum Gasteiger partial charge on any atom is -0.368 e. The largest absolute Gasteiger partial charge is 0.368 e. The molecule has 1 aliphatic heterocycles. The molecule has 2 atom stereocenters. The molecule has 100 valence electrons. The molecule has 0 aromatic rings. The summed E-state index contributed by atoms with van der Waals surface area (Å²) in [5.74, 6) is -0.182. The fraction of sp³-hybridized carbons (Fsp3) is 0.900. The number of rotatable bonds is 4. The van der Waals surface area contributed by atoms with Crippen LogP contribution in [0, 0.1) is 0 Å². The summed E-state index contributed by atoms with van der Waals surface area (Å²) in [7, 11) is -2.87. The first-order valence-electron chi connectivity index (χ1n) is 5.67. The van der Waals surface area contributed by atoms with E-state index in [0.717, 1.165) is 0 Å². The lowest BCUT2D eigenvalue weighted by Crippen LogP contribution is -2.55. The summed E-state index contributed by atoms with van der Waals surface area (Å²) in [4.78, 5) is 13.2. The van der Waals surface area contributed by atoms with E-state index in [9.17, 15) is 13.2 Å². The van der Waals surface area contributed by atoms with Gasteiger partial charge in [0, 0.05) is 19.1 Å². The Labute approximate surface area is 102 Å². The number of carbonyl (C=O) groups excluding carboxylic acids is 1. The van der Waals surface area contributed by atoms with Gasteiger partial charge in [0.1, 0.15) is 0 Å². The van der Waals surface area contributed by atoms with E-state index in [0.29, 0.717) is 19.5 Å². The van der Waals surface area contributed by atoms with E-state index in [1.807, 2.05) is 11.8 Å². The van der Waals surface area contributed by atoms with Crippen molar-refractivity contribution in [2.75, 3.05) is 24.6 Å². The maximum absolute atomic E-state index is 11.3. The highest BCUT2D eigenvalue weighted by Crippen LogP contribution is 2.16. The van der Waals surface area contributed by atoms with Crippen molar-refractivity contribution in [3.05, 3.63) is 0 Å². The van der Waals surface area contributed by atoms with Gasteiger partial charge in [-0.1, -0.05) is 0 Å². The van der Waals surface area contributed by atoms with Crippen molar-refractivity contribution < 1.29 is 13.2 Å². The number of amides is 1. The number of nitrogens with zero attached hydrogens (tertiary/aromatic N) is 1. The number of carbonyl (C=O) groups is 1. The van der Waals surface area contributed by atoms with Crippen LogP contribution in [0.1, 0.15) is 20.3 Å². The highest BCUT2D eigenvalue weighted by molar-refractivity contribution is 7.91. The molecule has 0 aliphatic carbocycles. The smallest absolute Gasteiger partial charge is 0.237 e. The molecule has 7 heteroatoms. The Bertz CT molecular complexity index is 378. The third-order valence-electron chi connectivity index (χ3n) is 3.28. The third-order valence-corrected chi connectivity index (χ3v) is 4.89.